The maximum atomic E-state index is 10.9. The van der Waals surface area contributed by atoms with Crippen LogP contribution in [0, 0.1) is 13.8 Å². The molecule has 0 bridgehead atoms. The topological polar surface area (TPSA) is 58.6 Å². The molecule has 4 nitrogen and oxygen atoms in total. The highest BCUT2D eigenvalue weighted by atomic mass is 16.5. The second-order valence-corrected chi connectivity index (χ2v) is 7.29. The van der Waals surface area contributed by atoms with Crippen molar-refractivity contribution in [1.82, 2.24) is 5.32 Å². The van der Waals surface area contributed by atoms with E-state index < -0.39 is 12.0 Å². The highest BCUT2D eigenvalue weighted by molar-refractivity contribution is 5.72. The average Bonchev–Trinajstić information content (AvgIpc) is 2.72. The number of carboxylic acid groups (broad SMARTS) is 1. The maximum Gasteiger partial charge on any atom is 0.320 e. The Bertz CT molecular complexity index is 983. The minimum absolute atomic E-state index is 0.501. The summed E-state index contributed by atoms with van der Waals surface area (Å²) in [6, 6.07) is 22.0. The van der Waals surface area contributed by atoms with E-state index in [0.717, 1.165) is 22.4 Å². The van der Waals surface area contributed by atoms with Crippen molar-refractivity contribution in [3.8, 4) is 16.9 Å². The van der Waals surface area contributed by atoms with Gasteiger partial charge < -0.3 is 15.2 Å². The van der Waals surface area contributed by atoms with Crippen LogP contribution >= 0.6 is 0 Å². The van der Waals surface area contributed by atoms with Gasteiger partial charge in [0.2, 0.25) is 0 Å². The molecular formula is C25H27NO3. The lowest BCUT2D eigenvalue weighted by molar-refractivity contribution is -0.139. The molecular weight excluding hydrogens is 362 g/mol. The Balaban J connectivity index is 1.68. The molecule has 0 spiro atoms. The van der Waals surface area contributed by atoms with E-state index >= 15 is 0 Å². The minimum atomic E-state index is -0.852. The van der Waals surface area contributed by atoms with Gasteiger partial charge in [0.1, 0.15) is 18.4 Å². The molecule has 2 N–H and O–H groups in total. The molecule has 0 unspecified atom stereocenters. The van der Waals surface area contributed by atoms with Crippen molar-refractivity contribution in [3.05, 3.63) is 89.0 Å². The van der Waals surface area contributed by atoms with E-state index in [9.17, 15) is 4.79 Å². The fraction of sp³-hybridized carbons (Fsp3) is 0.240. The molecule has 0 saturated carbocycles. The van der Waals surface area contributed by atoms with Crippen LogP contribution in [0.25, 0.3) is 11.1 Å². The number of ether oxygens (including phenoxy) is 1. The Morgan fingerprint density at radius 1 is 1.03 bits per heavy atom. The highest BCUT2D eigenvalue weighted by Crippen LogP contribution is 2.27. The average molecular weight is 389 g/mol. The lowest BCUT2D eigenvalue weighted by Crippen LogP contribution is -2.33. The van der Waals surface area contributed by atoms with Gasteiger partial charge in [0.15, 0.2) is 0 Å². The molecule has 0 saturated heterocycles. The molecule has 29 heavy (non-hydrogen) atoms. The third-order valence-corrected chi connectivity index (χ3v) is 5.14. The molecule has 0 aromatic heterocycles. The monoisotopic (exact) mass is 389 g/mol. The Morgan fingerprint density at radius 2 is 1.79 bits per heavy atom. The van der Waals surface area contributed by atoms with Gasteiger partial charge >= 0.3 is 5.97 Å². The molecule has 150 valence electrons. The summed E-state index contributed by atoms with van der Waals surface area (Å²) in [6.07, 6.45) is 0. The van der Waals surface area contributed by atoms with Crippen LogP contribution in [0.1, 0.15) is 29.2 Å². The summed E-state index contributed by atoms with van der Waals surface area (Å²) in [5.41, 5.74) is 6.87. The van der Waals surface area contributed by atoms with Crippen molar-refractivity contribution in [2.45, 2.75) is 40.0 Å². The van der Waals surface area contributed by atoms with E-state index in [1.807, 2.05) is 31.2 Å². The summed E-state index contributed by atoms with van der Waals surface area (Å²) in [7, 11) is 0. The molecule has 0 heterocycles. The summed E-state index contributed by atoms with van der Waals surface area (Å²) in [4.78, 5) is 10.9. The zero-order valence-electron chi connectivity index (χ0n) is 17.1. The normalized spacial score (nSPS) is 11.8. The second-order valence-electron chi connectivity index (χ2n) is 7.29. The number of rotatable bonds is 8. The molecule has 3 aromatic carbocycles. The summed E-state index contributed by atoms with van der Waals surface area (Å²) in [5.74, 6) is -0.0145. The molecule has 1 atom stereocenters. The van der Waals surface area contributed by atoms with E-state index in [-0.39, 0.29) is 0 Å². The second kappa shape index (κ2) is 9.39. The quantitative estimate of drug-likeness (QED) is 0.562. The zero-order valence-corrected chi connectivity index (χ0v) is 17.1. The third kappa shape index (κ3) is 5.24. The van der Waals surface area contributed by atoms with Crippen molar-refractivity contribution in [3.63, 3.8) is 0 Å². The Labute approximate surface area is 172 Å². The number of carboxylic acids is 1. The lowest BCUT2D eigenvalue weighted by atomic mass is 9.97. The summed E-state index contributed by atoms with van der Waals surface area (Å²) in [5, 5.41) is 12.0. The van der Waals surface area contributed by atoms with Gasteiger partial charge in [-0.1, -0.05) is 60.7 Å². The Kier molecular flexibility index (Phi) is 6.68. The fourth-order valence-electron chi connectivity index (χ4n) is 3.27. The zero-order chi connectivity index (χ0) is 20.8. The molecule has 4 heteroatoms. The van der Waals surface area contributed by atoms with Gasteiger partial charge in [-0.25, -0.2) is 0 Å². The standard InChI is InChI=1S/C25H27NO3/c1-17-14-20(15-26-19(3)25(27)28)12-13-24(17)29-16-22-10-7-11-23(18(22)2)21-8-5-4-6-9-21/h4-14,19,26H,15-16H2,1-3H3,(H,27,28)/t19-/m1/s1. The highest BCUT2D eigenvalue weighted by Gasteiger charge is 2.11. The number of aryl methyl sites for hydroxylation is 1. The predicted octanol–water partition coefficient (Wildman–Crippen LogP) is 5.11. The first-order valence-electron chi connectivity index (χ1n) is 9.78. The van der Waals surface area contributed by atoms with Gasteiger partial charge in [0, 0.05) is 6.54 Å². The summed E-state index contributed by atoms with van der Waals surface area (Å²) < 4.78 is 6.10. The molecule has 0 fully saturated rings. The largest absolute Gasteiger partial charge is 0.489 e. The first kappa shape index (κ1) is 20.6. The van der Waals surface area contributed by atoms with Gasteiger partial charge in [0.25, 0.3) is 0 Å². The first-order chi connectivity index (χ1) is 14.0. The van der Waals surface area contributed by atoms with Gasteiger partial charge in [-0.2, -0.15) is 0 Å². The molecule has 0 aliphatic carbocycles. The van der Waals surface area contributed by atoms with Crippen molar-refractivity contribution in [2.24, 2.45) is 0 Å². The summed E-state index contributed by atoms with van der Waals surface area (Å²) in [6.45, 7) is 6.78. The third-order valence-electron chi connectivity index (χ3n) is 5.14. The van der Waals surface area contributed by atoms with Gasteiger partial charge in [-0.05, 0) is 60.2 Å². The van der Waals surface area contributed by atoms with Gasteiger partial charge in [-0.3, -0.25) is 4.79 Å². The van der Waals surface area contributed by atoms with E-state index in [0.29, 0.717) is 13.2 Å². The molecule has 0 amide bonds. The molecule has 0 aliphatic rings. The van der Waals surface area contributed by atoms with Crippen LogP contribution in [0.3, 0.4) is 0 Å². The number of hydrogen-bond donors (Lipinski definition) is 2. The van der Waals surface area contributed by atoms with E-state index in [1.54, 1.807) is 6.92 Å². The van der Waals surface area contributed by atoms with Crippen LogP contribution in [-0.2, 0) is 17.9 Å². The van der Waals surface area contributed by atoms with Crippen LogP contribution in [0.4, 0.5) is 0 Å². The minimum Gasteiger partial charge on any atom is -0.489 e. The number of carbonyl (C=O) groups is 1. The van der Waals surface area contributed by atoms with Crippen molar-refractivity contribution in [1.29, 1.82) is 0 Å². The van der Waals surface area contributed by atoms with Crippen LogP contribution < -0.4 is 10.1 Å². The van der Waals surface area contributed by atoms with Crippen molar-refractivity contribution in [2.75, 3.05) is 0 Å². The summed E-state index contributed by atoms with van der Waals surface area (Å²) >= 11 is 0. The number of benzene rings is 3. The van der Waals surface area contributed by atoms with Crippen LogP contribution in [0.15, 0.2) is 66.7 Å². The van der Waals surface area contributed by atoms with E-state index in [1.165, 1.54) is 16.7 Å². The SMILES string of the molecule is Cc1cc(CN[C@H](C)C(=O)O)ccc1OCc1cccc(-c2ccccc2)c1C. The van der Waals surface area contributed by atoms with E-state index in [2.05, 4.69) is 54.7 Å². The molecule has 0 radical (unpaired) electrons. The number of aliphatic carboxylic acids is 1. The Morgan fingerprint density at radius 3 is 2.48 bits per heavy atom. The molecule has 0 aliphatic heterocycles. The van der Waals surface area contributed by atoms with Gasteiger partial charge in [-0.15, -0.1) is 0 Å². The number of hydrogen-bond acceptors (Lipinski definition) is 3. The number of nitrogens with one attached hydrogen (secondary N) is 1. The molecule has 3 rings (SSSR count). The molecule has 3 aromatic rings. The maximum absolute atomic E-state index is 10.9. The Hall–Kier alpha value is -3.11. The van der Waals surface area contributed by atoms with Gasteiger partial charge in [0.05, 0.1) is 0 Å². The van der Waals surface area contributed by atoms with Crippen LogP contribution in [0.2, 0.25) is 0 Å². The lowest BCUT2D eigenvalue weighted by Gasteiger charge is -2.15. The fourth-order valence-corrected chi connectivity index (χ4v) is 3.27. The van der Waals surface area contributed by atoms with Crippen molar-refractivity contribution >= 4 is 5.97 Å². The van der Waals surface area contributed by atoms with E-state index in [4.69, 9.17) is 9.84 Å². The predicted molar refractivity (Wildman–Crippen MR) is 116 cm³/mol. The van der Waals surface area contributed by atoms with Crippen LogP contribution in [0.5, 0.6) is 5.75 Å². The smallest absolute Gasteiger partial charge is 0.320 e. The van der Waals surface area contributed by atoms with Crippen LogP contribution in [-0.4, -0.2) is 17.1 Å². The van der Waals surface area contributed by atoms with Crippen molar-refractivity contribution < 1.29 is 14.6 Å². The first-order valence-corrected chi connectivity index (χ1v) is 9.78.